The smallest absolute Gasteiger partial charge is 0.243 e. The zero-order chi connectivity index (χ0) is 59.0. The van der Waals surface area contributed by atoms with Crippen LogP contribution in [0.3, 0.4) is 0 Å². The maximum atomic E-state index is 14.8. The number of rotatable bonds is 32. The lowest BCUT2D eigenvalue weighted by Crippen LogP contribution is -2.60. The standard InChI is InChI=1S/C53H73N19O9/c1-29(73)67-38(13-6-20-61-51(55)56)46(77)66-28-44(75)68-42(23-30-16-18-33(74)19-17-30)49(80)69-40(15-8-22-63-53(59)60)48(79)72-43(25-32-27-65-37-12-5-3-10-35(32)37)50(81)70-39(14-7-21-62-52(57)58)47(78)71-41(45(54)76)24-31-26-64-36-11-4-2-9-34(31)36/h2-5,9-12,16-19,26-27,38-43,64-65,74H,6-8,13-15,20-25,28H2,1H3,(H2,54,76)(H,66,77)(H,67,73)(H,68,75)(H,69,80)(H,70,81)(H,71,78)(H,72,79)(H4,55,56,61)(H4,57,58,62)(H4,59,60,63)/t38-,39-,40-,41-,42-,43-/m0/s1. The van der Waals surface area contributed by atoms with Crippen molar-refractivity contribution in [3.63, 3.8) is 0 Å². The van der Waals surface area contributed by atoms with Crippen LogP contribution in [0, 0.1) is 0 Å². The number of aliphatic imine (C=N–C) groups is 3. The van der Waals surface area contributed by atoms with Crippen LogP contribution in [0.1, 0.15) is 62.1 Å². The van der Waals surface area contributed by atoms with Crippen molar-refractivity contribution in [1.82, 2.24) is 47.2 Å². The van der Waals surface area contributed by atoms with Gasteiger partial charge in [-0.15, -0.1) is 0 Å². The first-order chi connectivity index (χ1) is 38.7. The summed E-state index contributed by atoms with van der Waals surface area (Å²) in [6.45, 7) is 0.832. The van der Waals surface area contributed by atoms with E-state index in [-0.39, 0.29) is 94.6 Å². The third kappa shape index (κ3) is 20.5. The molecule has 3 aromatic carbocycles. The van der Waals surface area contributed by atoms with E-state index in [0.29, 0.717) is 23.1 Å². The second-order valence-corrected chi connectivity index (χ2v) is 19.1. The van der Waals surface area contributed by atoms with Crippen LogP contribution in [0.15, 0.2) is 100 Å². The predicted octanol–water partition coefficient (Wildman–Crippen LogP) is -2.93. The molecule has 2 heterocycles. The summed E-state index contributed by atoms with van der Waals surface area (Å²) in [5, 5.41) is 30.1. The fourth-order valence-corrected chi connectivity index (χ4v) is 8.74. The van der Waals surface area contributed by atoms with Crippen molar-refractivity contribution in [2.45, 2.75) is 101 Å². The summed E-state index contributed by atoms with van der Waals surface area (Å²) in [7, 11) is 0. The zero-order valence-corrected chi connectivity index (χ0v) is 44.8. The number of aromatic hydroxyl groups is 1. The van der Waals surface area contributed by atoms with E-state index in [4.69, 9.17) is 40.1 Å². The second-order valence-electron chi connectivity index (χ2n) is 19.1. The zero-order valence-electron chi connectivity index (χ0n) is 44.8. The lowest BCUT2D eigenvalue weighted by molar-refractivity contribution is -0.135. The summed E-state index contributed by atoms with van der Waals surface area (Å²) in [6, 6.07) is 12.5. The van der Waals surface area contributed by atoms with Crippen molar-refractivity contribution in [2.24, 2.45) is 55.1 Å². The molecule has 8 amide bonds. The van der Waals surface area contributed by atoms with Gasteiger partial charge in [-0.05, 0) is 79.5 Å². The van der Waals surface area contributed by atoms with Crippen LogP contribution in [0.5, 0.6) is 5.75 Å². The number of nitrogens with two attached hydrogens (primary N) is 7. The number of hydrogen-bond donors (Lipinski definition) is 17. The highest BCUT2D eigenvalue weighted by molar-refractivity contribution is 5.98. The molecule has 28 heteroatoms. The van der Waals surface area contributed by atoms with Gasteiger partial charge in [-0.3, -0.25) is 53.3 Å². The van der Waals surface area contributed by atoms with Crippen LogP contribution in [-0.4, -0.2) is 143 Å². The van der Waals surface area contributed by atoms with Crippen LogP contribution >= 0.6 is 0 Å². The van der Waals surface area contributed by atoms with Crippen molar-refractivity contribution in [1.29, 1.82) is 0 Å². The lowest BCUT2D eigenvalue weighted by atomic mass is 10.0. The molecule has 0 bridgehead atoms. The van der Waals surface area contributed by atoms with Crippen molar-refractivity contribution in [3.05, 3.63) is 102 Å². The molecule has 0 saturated carbocycles. The minimum absolute atomic E-state index is 0.00926. The molecule has 0 fully saturated rings. The number of amides is 8. The number of fused-ring (bicyclic) bond motifs is 2. The number of phenols is 1. The number of hydrogen-bond acceptors (Lipinski definition) is 12. The number of primary amides is 1. The van der Waals surface area contributed by atoms with Gasteiger partial charge in [0.15, 0.2) is 17.9 Å². The molecule has 81 heavy (non-hydrogen) atoms. The number of nitrogens with zero attached hydrogens (tertiary/aromatic N) is 3. The van der Waals surface area contributed by atoms with Gasteiger partial charge in [0.1, 0.15) is 42.0 Å². The number of guanidine groups is 3. The Balaban J connectivity index is 1.42. The molecule has 5 rings (SSSR count). The second kappa shape index (κ2) is 30.9. The molecule has 6 atom stereocenters. The SMILES string of the molecule is CC(=O)N[C@@H](CCCN=C(N)N)C(=O)NCC(=O)N[C@@H](Cc1ccc(O)cc1)C(=O)N[C@@H](CCCN=C(N)N)C(=O)N[C@@H](Cc1c[nH]c2ccccc12)C(=O)N[C@@H](CCCN=C(N)N)C(=O)N[C@@H](Cc1c[nH]c2ccccc12)C(N)=O. The molecule has 0 saturated heterocycles. The summed E-state index contributed by atoms with van der Waals surface area (Å²) >= 11 is 0. The Morgan fingerprint density at radius 1 is 0.481 bits per heavy atom. The minimum Gasteiger partial charge on any atom is -0.508 e. The van der Waals surface area contributed by atoms with Gasteiger partial charge in [-0.1, -0.05) is 48.5 Å². The quantitative estimate of drug-likeness (QED) is 0.0117. The van der Waals surface area contributed by atoms with Crippen molar-refractivity contribution in [2.75, 3.05) is 26.2 Å². The summed E-state index contributed by atoms with van der Waals surface area (Å²) in [5.41, 5.74) is 42.3. The molecule has 0 radical (unpaired) electrons. The van der Waals surface area contributed by atoms with Crippen LogP contribution in [0.25, 0.3) is 21.8 Å². The first kappa shape index (κ1) is 62.0. The number of aromatic nitrogens is 2. The summed E-state index contributed by atoms with van der Waals surface area (Å²) in [4.78, 5) is 128. The Bertz CT molecular complexity index is 3070. The highest BCUT2D eigenvalue weighted by Gasteiger charge is 2.34. The molecular weight excluding hydrogens is 1050 g/mol. The molecular formula is C53H73N19O9. The van der Waals surface area contributed by atoms with Crippen LogP contribution < -0.4 is 77.4 Å². The number of phenolic OH excluding ortho intramolecular Hbond substituents is 1. The molecule has 0 aliphatic rings. The minimum atomic E-state index is -1.44. The van der Waals surface area contributed by atoms with Crippen LogP contribution in [0.2, 0.25) is 0 Å². The highest BCUT2D eigenvalue weighted by atomic mass is 16.3. The molecule has 0 spiro atoms. The first-order valence-corrected chi connectivity index (χ1v) is 26.1. The third-order valence-corrected chi connectivity index (χ3v) is 12.7. The average Bonchev–Trinajstić information content (AvgIpc) is 4.28. The molecule has 2 aromatic heterocycles. The van der Waals surface area contributed by atoms with Crippen LogP contribution in [-0.2, 0) is 57.6 Å². The van der Waals surface area contributed by atoms with Gasteiger partial charge < -0.3 is 92.4 Å². The number of carbonyl (C=O) groups excluding carboxylic acids is 8. The molecule has 0 aliphatic heterocycles. The highest BCUT2D eigenvalue weighted by Crippen LogP contribution is 2.21. The number of benzene rings is 3. The van der Waals surface area contributed by atoms with Gasteiger partial charge in [0, 0.05) is 80.0 Å². The van der Waals surface area contributed by atoms with E-state index in [1.54, 1.807) is 18.5 Å². The van der Waals surface area contributed by atoms with E-state index < -0.39 is 90.1 Å². The fourth-order valence-electron chi connectivity index (χ4n) is 8.74. The van der Waals surface area contributed by atoms with Crippen molar-refractivity contribution < 1.29 is 43.5 Å². The molecule has 5 aromatic rings. The van der Waals surface area contributed by atoms with Gasteiger partial charge in [-0.25, -0.2) is 0 Å². The lowest BCUT2D eigenvalue weighted by Gasteiger charge is -2.27. The van der Waals surface area contributed by atoms with Crippen molar-refractivity contribution >= 4 is 86.9 Å². The number of carbonyl (C=O) groups is 8. The predicted molar refractivity (Wildman–Crippen MR) is 305 cm³/mol. The maximum Gasteiger partial charge on any atom is 0.243 e. The Labute approximate surface area is 466 Å². The molecule has 24 N–H and O–H groups in total. The number of para-hydroxylation sites is 2. The van der Waals surface area contributed by atoms with E-state index in [9.17, 15) is 43.5 Å². The van der Waals surface area contributed by atoms with E-state index in [0.717, 1.165) is 21.8 Å². The monoisotopic (exact) mass is 1120 g/mol. The van der Waals surface area contributed by atoms with Gasteiger partial charge >= 0.3 is 0 Å². The van der Waals surface area contributed by atoms with Crippen LogP contribution in [0.4, 0.5) is 0 Å². The van der Waals surface area contributed by atoms with Gasteiger partial charge in [-0.2, -0.15) is 0 Å². The van der Waals surface area contributed by atoms with Crippen molar-refractivity contribution in [3.8, 4) is 5.75 Å². The Morgan fingerprint density at radius 2 is 0.877 bits per heavy atom. The molecule has 434 valence electrons. The number of nitrogens with one attached hydrogen (secondary N) is 9. The van der Waals surface area contributed by atoms with E-state index in [1.807, 2.05) is 42.5 Å². The number of aromatic amines is 2. The largest absolute Gasteiger partial charge is 0.508 e. The Hall–Kier alpha value is -9.89. The van der Waals surface area contributed by atoms with Gasteiger partial charge in [0.05, 0.1) is 6.54 Å². The fraction of sp³-hybridized carbons (Fsp3) is 0.377. The first-order valence-electron chi connectivity index (χ1n) is 26.1. The normalized spacial score (nSPS) is 13.1. The third-order valence-electron chi connectivity index (χ3n) is 12.7. The summed E-state index contributed by atoms with van der Waals surface area (Å²) in [6.07, 6.45) is 3.63. The van der Waals surface area contributed by atoms with E-state index in [1.165, 1.54) is 31.2 Å². The molecule has 0 aliphatic carbocycles. The van der Waals surface area contributed by atoms with Gasteiger partial charge in [0.25, 0.3) is 0 Å². The van der Waals surface area contributed by atoms with E-state index >= 15 is 0 Å². The molecule has 0 unspecified atom stereocenters. The topological polar surface area (TPSA) is 492 Å². The summed E-state index contributed by atoms with van der Waals surface area (Å²) < 4.78 is 0. The summed E-state index contributed by atoms with van der Waals surface area (Å²) in [5.74, 6) is -6.87. The van der Waals surface area contributed by atoms with Gasteiger partial charge in [0.2, 0.25) is 47.3 Å². The Morgan fingerprint density at radius 3 is 1.32 bits per heavy atom. The molecule has 28 nitrogen and oxygen atoms in total. The number of H-pyrrole nitrogens is 2. The maximum absolute atomic E-state index is 14.8. The Kier molecular flexibility index (Phi) is 23.6. The average molecular weight is 1120 g/mol. The van der Waals surface area contributed by atoms with E-state index in [2.05, 4.69) is 62.2 Å².